The van der Waals surface area contributed by atoms with E-state index >= 15 is 0 Å². The van der Waals surface area contributed by atoms with Crippen LogP contribution in [0.2, 0.25) is 0 Å². The molecule has 0 aliphatic heterocycles. The van der Waals surface area contributed by atoms with Gasteiger partial charge in [-0.05, 0) is 58.3 Å². The maximum absolute atomic E-state index is 12.0. The van der Waals surface area contributed by atoms with Crippen molar-refractivity contribution in [1.29, 1.82) is 0 Å². The molecule has 52 heavy (non-hydrogen) atoms. The molecule has 0 saturated carbocycles. The molecule has 0 amide bonds. The molecular formula is C44H38O8. The number of esters is 2. The number of carbonyl (C=O) groups is 2. The molecule has 6 aromatic carbocycles. The van der Waals surface area contributed by atoms with Crippen molar-refractivity contribution < 1.29 is 38.0 Å². The van der Waals surface area contributed by atoms with Crippen LogP contribution in [-0.4, -0.2) is 50.6 Å². The first-order valence-corrected chi connectivity index (χ1v) is 16.8. The minimum absolute atomic E-state index is 0.0891. The molecule has 0 bridgehead atoms. The Kier molecular flexibility index (Phi) is 11.8. The largest absolute Gasteiger partial charge is 0.490 e. The highest BCUT2D eigenvalue weighted by atomic mass is 16.6. The van der Waals surface area contributed by atoms with Gasteiger partial charge >= 0.3 is 11.9 Å². The molecule has 0 aliphatic carbocycles. The fourth-order valence-electron chi connectivity index (χ4n) is 5.53. The van der Waals surface area contributed by atoms with Crippen molar-refractivity contribution in [2.24, 2.45) is 0 Å². The minimum atomic E-state index is -0.665. The molecular weight excluding hydrogens is 656 g/mol. The van der Waals surface area contributed by atoms with Gasteiger partial charge in [0.25, 0.3) is 0 Å². The summed E-state index contributed by atoms with van der Waals surface area (Å²) in [7, 11) is 0. The molecule has 0 aromatic heterocycles. The van der Waals surface area contributed by atoms with Gasteiger partial charge in [0.1, 0.15) is 49.4 Å². The normalized spacial score (nSPS) is 11.9. The number of ether oxygens (including phenoxy) is 6. The number of rotatable bonds is 17. The Hall–Kier alpha value is -6.54. The van der Waals surface area contributed by atoms with Crippen LogP contribution in [-0.2, 0) is 19.1 Å². The van der Waals surface area contributed by atoms with Gasteiger partial charge in [-0.2, -0.15) is 0 Å². The van der Waals surface area contributed by atoms with Crippen molar-refractivity contribution in [3.63, 3.8) is 0 Å². The van der Waals surface area contributed by atoms with Crippen LogP contribution >= 0.6 is 0 Å². The topological polar surface area (TPSA) is 89.5 Å². The van der Waals surface area contributed by atoms with Crippen molar-refractivity contribution >= 4 is 33.5 Å². The van der Waals surface area contributed by atoms with E-state index in [1.54, 1.807) is 0 Å². The van der Waals surface area contributed by atoms with Gasteiger partial charge in [0, 0.05) is 22.9 Å². The summed E-state index contributed by atoms with van der Waals surface area (Å²) in [6, 6.07) is 42.7. The first kappa shape index (κ1) is 35.3. The molecule has 0 N–H and O–H groups in total. The van der Waals surface area contributed by atoms with Gasteiger partial charge in [-0.1, -0.05) is 110 Å². The average Bonchev–Trinajstić information content (AvgIpc) is 3.20. The fraction of sp³-hybridized carbons (Fsp3) is 0.136. The quantitative estimate of drug-likeness (QED) is 0.0692. The summed E-state index contributed by atoms with van der Waals surface area (Å²) < 4.78 is 35.1. The highest BCUT2D eigenvalue weighted by molar-refractivity contribution is 5.89. The maximum Gasteiger partial charge on any atom is 0.330 e. The first-order chi connectivity index (χ1) is 25.5. The van der Waals surface area contributed by atoms with E-state index in [2.05, 4.69) is 13.2 Å². The van der Waals surface area contributed by atoms with E-state index in [4.69, 9.17) is 28.4 Å². The van der Waals surface area contributed by atoms with Crippen molar-refractivity contribution in [2.45, 2.75) is 12.2 Å². The SMILES string of the molecule is C=CC(=O)OC(COc1ccc(-c2ccc(OCC(COc3cccc4ccccc34)OC(=O)C=C)cc2)cc1)COc1cccc2ccccc12. The van der Waals surface area contributed by atoms with Crippen molar-refractivity contribution in [2.75, 3.05) is 26.4 Å². The second-order valence-corrected chi connectivity index (χ2v) is 11.8. The Balaban J connectivity index is 1.03. The van der Waals surface area contributed by atoms with Crippen LogP contribution in [0.5, 0.6) is 23.0 Å². The van der Waals surface area contributed by atoms with E-state index in [1.807, 2.05) is 133 Å². The summed E-state index contributed by atoms with van der Waals surface area (Å²) in [5, 5.41) is 4.04. The van der Waals surface area contributed by atoms with Crippen LogP contribution in [0.1, 0.15) is 0 Å². The number of fused-ring (bicyclic) bond motifs is 2. The summed E-state index contributed by atoms with van der Waals surface area (Å²) >= 11 is 0. The van der Waals surface area contributed by atoms with Crippen LogP contribution in [0.4, 0.5) is 0 Å². The molecule has 262 valence electrons. The Labute approximate surface area is 302 Å². The lowest BCUT2D eigenvalue weighted by molar-refractivity contribution is -0.147. The van der Waals surface area contributed by atoms with E-state index in [0.29, 0.717) is 23.0 Å². The first-order valence-electron chi connectivity index (χ1n) is 16.8. The Morgan fingerprint density at radius 2 is 0.827 bits per heavy atom. The van der Waals surface area contributed by atoms with Gasteiger partial charge in [0.15, 0.2) is 12.2 Å². The van der Waals surface area contributed by atoms with Crippen LogP contribution < -0.4 is 18.9 Å². The minimum Gasteiger partial charge on any atom is -0.490 e. The molecule has 8 heteroatoms. The lowest BCUT2D eigenvalue weighted by atomic mass is 10.1. The third kappa shape index (κ3) is 9.37. The molecule has 6 aromatic rings. The molecule has 2 unspecified atom stereocenters. The molecule has 2 atom stereocenters. The number of hydrogen-bond acceptors (Lipinski definition) is 8. The molecule has 0 saturated heterocycles. The van der Waals surface area contributed by atoms with E-state index in [-0.39, 0.29) is 26.4 Å². The average molecular weight is 695 g/mol. The summed E-state index contributed by atoms with van der Waals surface area (Å²) in [4.78, 5) is 24.1. The third-order valence-electron chi connectivity index (χ3n) is 8.16. The van der Waals surface area contributed by atoms with Crippen LogP contribution in [0.25, 0.3) is 32.7 Å². The van der Waals surface area contributed by atoms with Gasteiger partial charge in [-0.3, -0.25) is 0 Å². The van der Waals surface area contributed by atoms with Crippen LogP contribution in [0, 0.1) is 0 Å². The summed E-state index contributed by atoms with van der Waals surface area (Å²) in [5.41, 5.74) is 1.93. The predicted octanol–water partition coefficient (Wildman–Crippen LogP) is 8.77. The van der Waals surface area contributed by atoms with Crippen molar-refractivity contribution in [1.82, 2.24) is 0 Å². The smallest absolute Gasteiger partial charge is 0.330 e. The fourth-order valence-corrected chi connectivity index (χ4v) is 5.53. The zero-order chi connectivity index (χ0) is 36.1. The van der Waals surface area contributed by atoms with Gasteiger partial charge in [-0.15, -0.1) is 0 Å². The van der Waals surface area contributed by atoms with Gasteiger partial charge in [-0.25, -0.2) is 9.59 Å². The maximum atomic E-state index is 12.0. The van der Waals surface area contributed by atoms with Gasteiger partial charge < -0.3 is 28.4 Å². The third-order valence-corrected chi connectivity index (χ3v) is 8.16. The Morgan fingerprint density at radius 3 is 1.23 bits per heavy atom. The lowest BCUT2D eigenvalue weighted by Gasteiger charge is -2.19. The second kappa shape index (κ2) is 17.4. The lowest BCUT2D eigenvalue weighted by Crippen LogP contribution is -2.30. The van der Waals surface area contributed by atoms with E-state index in [9.17, 15) is 9.59 Å². The van der Waals surface area contributed by atoms with Crippen LogP contribution in [0.3, 0.4) is 0 Å². The van der Waals surface area contributed by atoms with E-state index < -0.39 is 24.1 Å². The summed E-state index contributed by atoms with van der Waals surface area (Å²) in [6.45, 7) is 7.39. The molecule has 0 aliphatic rings. The summed E-state index contributed by atoms with van der Waals surface area (Å²) in [5.74, 6) is 1.50. The molecule has 8 nitrogen and oxygen atoms in total. The van der Waals surface area contributed by atoms with Crippen molar-refractivity contribution in [3.05, 3.63) is 159 Å². The zero-order valence-electron chi connectivity index (χ0n) is 28.5. The standard InChI is InChI=1S/C44H38O8/c1-3-43(45)51-37(29-49-41-17-9-13-33-11-5-7-15-39(33)41)27-47-35-23-19-31(20-24-35)32-21-25-36(26-22-32)48-28-38(52-44(46)4-2)30-50-42-18-10-14-34-12-6-8-16-40(34)42/h3-26,37-38H,1-2,27-30H2. The Bertz CT molecular complexity index is 1970. The number of carbonyl (C=O) groups excluding carboxylic acids is 2. The predicted molar refractivity (Wildman–Crippen MR) is 202 cm³/mol. The van der Waals surface area contributed by atoms with E-state index in [0.717, 1.165) is 44.8 Å². The summed E-state index contributed by atoms with van der Waals surface area (Å²) in [6.07, 6.45) is 0.907. The van der Waals surface area contributed by atoms with Crippen molar-refractivity contribution in [3.8, 4) is 34.1 Å². The molecule has 0 spiro atoms. The molecule has 0 fully saturated rings. The molecule has 6 rings (SSSR count). The second-order valence-electron chi connectivity index (χ2n) is 11.8. The molecule has 0 radical (unpaired) electrons. The number of hydrogen-bond donors (Lipinski definition) is 0. The monoisotopic (exact) mass is 694 g/mol. The number of benzene rings is 6. The molecule has 0 heterocycles. The highest BCUT2D eigenvalue weighted by Gasteiger charge is 2.18. The Morgan fingerprint density at radius 1 is 0.462 bits per heavy atom. The zero-order valence-corrected chi connectivity index (χ0v) is 28.5. The van der Waals surface area contributed by atoms with Gasteiger partial charge in [0.2, 0.25) is 0 Å². The van der Waals surface area contributed by atoms with Crippen LogP contribution in [0.15, 0.2) is 159 Å². The van der Waals surface area contributed by atoms with E-state index in [1.165, 1.54) is 0 Å². The highest BCUT2D eigenvalue weighted by Crippen LogP contribution is 2.28. The van der Waals surface area contributed by atoms with Gasteiger partial charge in [0.05, 0.1) is 0 Å².